The van der Waals surface area contributed by atoms with E-state index < -0.39 is 0 Å². The first kappa shape index (κ1) is 22.9. The van der Waals surface area contributed by atoms with E-state index in [1.807, 2.05) is 35.8 Å². The summed E-state index contributed by atoms with van der Waals surface area (Å²) in [5.74, 6) is 0.918. The van der Waals surface area contributed by atoms with Gasteiger partial charge >= 0.3 is 0 Å². The van der Waals surface area contributed by atoms with E-state index in [0.717, 1.165) is 52.9 Å². The summed E-state index contributed by atoms with van der Waals surface area (Å²) >= 11 is 1.53. The number of ether oxygens (including phenoxy) is 1. The maximum Gasteiger partial charge on any atom is 0.203 e. The van der Waals surface area contributed by atoms with Crippen LogP contribution in [0.1, 0.15) is 64.4 Å². The summed E-state index contributed by atoms with van der Waals surface area (Å²) < 4.78 is 5.89. The molecule has 0 bridgehead atoms. The Hall–Kier alpha value is -2.73. The number of benzene rings is 1. The van der Waals surface area contributed by atoms with Crippen molar-refractivity contribution < 1.29 is 4.74 Å². The van der Waals surface area contributed by atoms with Crippen molar-refractivity contribution in [1.29, 1.82) is 0 Å². The van der Waals surface area contributed by atoms with Gasteiger partial charge in [0.1, 0.15) is 5.75 Å². The number of hydrazone groups is 1. The lowest BCUT2D eigenvalue weighted by atomic mass is 10.1. The van der Waals surface area contributed by atoms with E-state index in [0.29, 0.717) is 0 Å². The summed E-state index contributed by atoms with van der Waals surface area (Å²) in [5.41, 5.74) is 7.09. The first-order chi connectivity index (χ1) is 15.3. The molecule has 0 aliphatic carbocycles. The third-order valence-electron chi connectivity index (χ3n) is 5.04. The van der Waals surface area contributed by atoms with Crippen molar-refractivity contribution in [3.8, 4) is 17.0 Å². The molecule has 0 aliphatic rings. The number of nitrogens with zero attached hydrogens (tertiary/aromatic N) is 3. The van der Waals surface area contributed by atoms with E-state index in [4.69, 9.17) is 4.74 Å². The first-order valence-electron chi connectivity index (χ1n) is 11.2. The highest BCUT2D eigenvalue weighted by Crippen LogP contribution is 2.24. The van der Waals surface area contributed by atoms with Gasteiger partial charge in [-0.3, -0.25) is 10.4 Å². The van der Waals surface area contributed by atoms with Crippen LogP contribution in [0, 0.1) is 0 Å². The summed E-state index contributed by atoms with van der Waals surface area (Å²) in [6.07, 6.45) is 12.0. The summed E-state index contributed by atoms with van der Waals surface area (Å²) in [6, 6.07) is 12.1. The number of rotatable bonds is 13. The second-order valence-corrected chi connectivity index (χ2v) is 8.30. The second-order valence-electron chi connectivity index (χ2n) is 7.44. The zero-order valence-corrected chi connectivity index (χ0v) is 19.3. The number of unbranched alkanes of at least 4 members (excludes halogenated alkanes) is 5. The minimum Gasteiger partial charge on any atom is -0.494 e. The maximum atomic E-state index is 5.89. The molecule has 2 heterocycles. The predicted octanol–water partition coefficient (Wildman–Crippen LogP) is 7.17. The Morgan fingerprint density at radius 3 is 2.58 bits per heavy atom. The topological polar surface area (TPSA) is 59.4 Å². The molecule has 0 fully saturated rings. The highest BCUT2D eigenvalue weighted by atomic mass is 32.1. The van der Waals surface area contributed by atoms with E-state index in [2.05, 4.69) is 46.5 Å². The molecule has 31 heavy (non-hydrogen) atoms. The highest BCUT2D eigenvalue weighted by molar-refractivity contribution is 7.14. The Labute approximate surface area is 189 Å². The monoisotopic (exact) mass is 436 g/mol. The van der Waals surface area contributed by atoms with Gasteiger partial charge in [0.15, 0.2) is 0 Å². The number of aromatic nitrogens is 2. The van der Waals surface area contributed by atoms with Crippen LogP contribution in [0.25, 0.3) is 11.3 Å². The van der Waals surface area contributed by atoms with Crippen LogP contribution < -0.4 is 10.2 Å². The van der Waals surface area contributed by atoms with Gasteiger partial charge in [-0.1, -0.05) is 46.0 Å². The molecule has 0 radical (unpaired) electrons. The largest absolute Gasteiger partial charge is 0.494 e. The molecule has 164 valence electrons. The molecule has 3 rings (SSSR count). The Morgan fingerprint density at radius 1 is 1.03 bits per heavy atom. The Bertz CT molecular complexity index is 922. The highest BCUT2D eigenvalue weighted by Gasteiger charge is 2.06. The number of hydrogen-bond acceptors (Lipinski definition) is 6. The minimum absolute atomic E-state index is 0.767. The van der Waals surface area contributed by atoms with Crippen molar-refractivity contribution in [2.45, 2.75) is 58.8 Å². The fourth-order valence-corrected chi connectivity index (χ4v) is 3.91. The molecule has 0 spiro atoms. The van der Waals surface area contributed by atoms with Crippen LogP contribution in [0.3, 0.4) is 0 Å². The predicted molar refractivity (Wildman–Crippen MR) is 131 cm³/mol. The van der Waals surface area contributed by atoms with E-state index in [9.17, 15) is 0 Å². The zero-order valence-electron chi connectivity index (χ0n) is 18.5. The molecule has 3 aromatic rings. The molecule has 6 heteroatoms. The maximum absolute atomic E-state index is 5.89. The van der Waals surface area contributed by atoms with E-state index in [1.54, 1.807) is 6.20 Å². The van der Waals surface area contributed by atoms with Crippen molar-refractivity contribution in [2.24, 2.45) is 5.10 Å². The summed E-state index contributed by atoms with van der Waals surface area (Å²) in [6.45, 7) is 5.13. The Balaban J connectivity index is 1.50. The molecular weight excluding hydrogens is 404 g/mol. The van der Waals surface area contributed by atoms with Gasteiger partial charge in [-0.2, -0.15) is 5.10 Å². The third kappa shape index (κ3) is 7.47. The molecule has 2 aromatic heterocycles. The van der Waals surface area contributed by atoms with Crippen LogP contribution >= 0.6 is 11.3 Å². The normalized spacial score (nSPS) is 11.5. The van der Waals surface area contributed by atoms with E-state index in [1.165, 1.54) is 43.4 Å². The summed E-state index contributed by atoms with van der Waals surface area (Å²) in [5, 5.41) is 7.37. The lowest BCUT2D eigenvalue weighted by molar-refractivity contribution is 0.304. The number of pyridine rings is 1. The van der Waals surface area contributed by atoms with Gasteiger partial charge in [-0.05, 0) is 54.8 Å². The smallest absolute Gasteiger partial charge is 0.203 e. The number of thiazole rings is 1. The van der Waals surface area contributed by atoms with Crippen molar-refractivity contribution in [2.75, 3.05) is 12.0 Å². The van der Waals surface area contributed by atoms with Crippen molar-refractivity contribution in [1.82, 2.24) is 9.97 Å². The van der Waals surface area contributed by atoms with Crippen molar-refractivity contribution in [3.63, 3.8) is 0 Å². The van der Waals surface area contributed by atoms with Gasteiger partial charge < -0.3 is 4.74 Å². The quantitative estimate of drug-likeness (QED) is 0.175. The van der Waals surface area contributed by atoms with Crippen LogP contribution in [-0.2, 0) is 0 Å². The number of nitrogens with one attached hydrogen (secondary N) is 1. The van der Waals surface area contributed by atoms with Gasteiger partial charge in [0.05, 0.1) is 18.0 Å². The number of hydrogen-bond donors (Lipinski definition) is 1. The number of anilines is 1. The molecule has 1 N–H and O–H groups in total. The van der Waals surface area contributed by atoms with Crippen LogP contribution in [-0.4, -0.2) is 22.3 Å². The first-order valence-corrected chi connectivity index (χ1v) is 12.1. The van der Waals surface area contributed by atoms with Crippen LogP contribution in [0.15, 0.2) is 59.3 Å². The molecule has 0 atom stereocenters. The average molecular weight is 437 g/mol. The molecule has 0 saturated heterocycles. The lowest BCUT2D eigenvalue weighted by Gasteiger charge is -2.08. The third-order valence-corrected chi connectivity index (χ3v) is 5.78. The van der Waals surface area contributed by atoms with Crippen molar-refractivity contribution in [3.05, 3.63) is 59.7 Å². The standard InChI is InChI=1S/C25H32N4OS/c1-3-5-6-7-8-9-17-30-22-14-12-20(13-15-22)23(4-2)28-29-25-27-24(19-31-25)21-11-10-16-26-18-21/h10-16,18-19H,3-9,17H2,1-2H3,(H,27,29). The fourth-order valence-electron chi connectivity index (χ4n) is 3.25. The van der Waals surface area contributed by atoms with E-state index in [-0.39, 0.29) is 0 Å². The van der Waals surface area contributed by atoms with Gasteiger partial charge in [0.25, 0.3) is 0 Å². The SMILES string of the molecule is CCCCCCCCOc1ccc(C(CC)=NNc2nc(-c3cccnc3)cs2)cc1. The second kappa shape index (κ2) is 12.8. The molecule has 5 nitrogen and oxygen atoms in total. The van der Waals surface area contributed by atoms with Gasteiger partial charge in [-0.15, -0.1) is 11.3 Å². The van der Waals surface area contributed by atoms with Crippen LogP contribution in [0.5, 0.6) is 5.75 Å². The summed E-state index contributed by atoms with van der Waals surface area (Å²) in [4.78, 5) is 8.75. The summed E-state index contributed by atoms with van der Waals surface area (Å²) in [7, 11) is 0. The van der Waals surface area contributed by atoms with Crippen molar-refractivity contribution >= 4 is 22.2 Å². The van der Waals surface area contributed by atoms with E-state index >= 15 is 0 Å². The molecule has 1 aromatic carbocycles. The van der Waals surface area contributed by atoms with Gasteiger partial charge in [0.2, 0.25) is 5.13 Å². The Kier molecular flexibility index (Phi) is 9.51. The molecule has 0 aliphatic heterocycles. The molecular formula is C25H32N4OS. The minimum atomic E-state index is 0.767. The Morgan fingerprint density at radius 2 is 1.84 bits per heavy atom. The average Bonchev–Trinajstić information content (AvgIpc) is 3.29. The molecule has 0 saturated carbocycles. The van der Waals surface area contributed by atoms with Crippen LogP contribution in [0.2, 0.25) is 0 Å². The van der Waals surface area contributed by atoms with Gasteiger partial charge in [0, 0.05) is 23.3 Å². The molecule has 0 unspecified atom stereocenters. The van der Waals surface area contributed by atoms with Crippen LogP contribution in [0.4, 0.5) is 5.13 Å². The van der Waals surface area contributed by atoms with Gasteiger partial charge in [-0.25, -0.2) is 4.98 Å². The molecule has 0 amide bonds. The zero-order chi connectivity index (χ0) is 21.7. The fraction of sp³-hybridized carbons (Fsp3) is 0.400. The lowest BCUT2D eigenvalue weighted by Crippen LogP contribution is -2.03.